The van der Waals surface area contributed by atoms with Crippen molar-refractivity contribution < 1.29 is 25.8 Å². The molecule has 0 saturated heterocycles. The Morgan fingerprint density at radius 3 is 1.58 bits per heavy atom. The van der Waals surface area contributed by atoms with Gasteiger partial charge in [-0.1, -0.05) is 180 Å². The average Bonchev–Trinajstić information content (AvgIpc) is 3.89. The molecule has 0 radical (unpaired) electrons. The smallest absolute Gasteiger partial charge is 0.509 e. The van der Waals surface area contributed by atoms with Gasteiger partial charge in [-0.25, -0.2) is 4.98 Å². The standard InChI is InChI=1S/C66H67N4O.CH3.Pt/c1-62(2,3)46-33-34-67-61(38-46)70-57-30-21-20-29-53(57)54-32-31-52(40-58(54)70)71-51-28-22-27-49(39-51)68-43-69(50-36-47(63(4,5)6)35-48(37-50)64(7,8)9)60-42-56(66(12,13)45-25-18-15-19-26-45)55(41-59(60)68)65(10,11)44-23-16-14-17-24-44;;/h14-38,41-43H,1-13H3;1H3;/q-3;-1;+4. The SMILES string of the molecule is CC(C)(C)c1cc(N2[CH-]N(c3[c-]c(Oc4[c-]c5c(cc4)c4ccccc4n5-c4cc(C(C)(C)C)ccn4)ccc3)c3cc(C(C)(C)c4ccccc4)c(C(C)(C)c4ccccc4)cc32)cc(C(C)(C)C)c1.[CH3-].[Pt+4]. The first-order valence-corrected chi connectivity index (χ1v) is 25.1. The molecule has 1 aliphatic rings. The van der Waals surface area contributed by atoms with Gasteiger partial charge in [0.25, 0.3) is 0 Å². The fourth-order valence-corrected chi connectivity index (χ4v) is 10.2. The van der Waals surface area contributed by atoms with Crippen molar-refractivity contribution in [1.29, 1.82) is 0 Å². The van der Waals surface area contributed by atoms with Crippen LogP contribution in [0.5, 0.6) is 11.5 Å². The number of nitrogens with zero attached hydrogens (tertiary/aromatic N) is 4. The van der Waals surface area contributed by atoms with Crippen LogP contribution < -0.4 is 14.5 Å². The van der Waals surface area contributed by atoms with E-state index in [4.69, 9.17) is 9.72 Å². The van der Waals surface area contributed by atoms with Crippen molar-refractivity contribution in [3.05, 3.63) is 229 Å². The number of pyridine rings is 1. The van der Waals surface area contributed by atoms with Crippen molar-refractivity contribution in [3.63, 3.8) is 0 Å². The number of hydrogen-bond acceptors (Lipinski definition) is 4. The zero-order valence-corrected chi connectivity index (χ0v) is 47.5. The van der Waals surface area contributed by atoms with Crippen molar-refractivity contribution in [2.24, 2.45) is 0 Å². The minimum Gasteiger partial charge on any atom is -0.509 e. The molecule has 0 N–H and O–H groups in total. The van der Waals surface area contributed by atoms with Gasteiger partial charge in [-0.3, -0.25) is 0 Å². The van der Waals surface area contributed by atoms with Crippen LogP contribution in [0.2, 0.25) is 0 Å². The molecule has 2 aromatic heterocycles. The molecule has 73 heavy (non-hydrogen) atoms. The van der Waals surface area contributed by atoms with Crippen LogP contribution in [0.3, 0.4) is 0 Å². The van der Waals surface area contributed by atoms with E-state index in [1.54, 1.807) is 0 Å². The summed E-state index contributed by atoms with van der Waals surface area (Å²) < 4.78 is 9.01. The molecule has 3 heterocycles. The van der Waals surface area contributed by atoms with Crippen LogP contribution in [0.25, 0.3) is 27.6 Å². The van der Waals surface area contributed by atoms with Crippen LogP contribution in [-0.4, -0.2) is 9.55 Å². The molecule has 0 amide bonds. The Balaban J connectivity index is 0.00000356. The second kappa shape index (κ2) is 19.5. The third-order valence-electron chi connectivity index (χ3n) is 14.8. The Morgan fingerprint density at radius 2 is 1.00 bits per heavy atom. The maximum atomic E-state index is 6.81. The largest absolute Gasteiger partial charge is 4.00 e. The normalized spacial score (nSPS) is 13.2. The molecule has 0 unspecified atom stereocenters. The molecule has 374 valence electrons. The molecule has 1 aliphatic heterocycles. The number of benzene rings is 7. The second-order valence-electron chi connectivity index (χ2n) is 23.6. The molecule has 0 saturated carbocycles. The molecule has 7 aromatic carbocycles. The predicted octanol–water partition coefficient (Wildman–Crippen LogP) is 18.0. The number of ether oxygens (including phenoxy) is 1. The third kappa shape index (κ3) is 9.91. The van der Waals surface area contributed by atoms with Crippen molar-refractivity contribution in [2.45, 2.75) is 117 Å². The van der Waals surface area contributed by atoms with Gasteiger partial charge < -0.3 is 26.5 Å². The monoisotopic (exact) mass is 1140 g/mol. The van der Waals surface area contributed by atoms with Gasteiger partial charge in [0.15, 0.2) is 0 Å². The Hall–Kier alpha value is -6.42. The Morgan fingerprint density at radius 1 is 0.466 bits per heavy atom. The maximum absolute atomic E-state index is 6.81. The van der Waals surface area contributed by atoms with Gasteiger partial charge >= 0.3 is 21.1 Å². The number of hydrogen-bond donors (Lipinski definition) is 0. The second-order valence-corrected chi connectivity index (χ2v) is 23.6. The van der Waals surface area contributed by atoms with Gasteiger partial charge in [0.05, 0.1) is 0 Å². The number of aromatic nitrogens is 2. The van der Waals surface area contributed by atoms with Crippen molar-refractivity contribution >= 4 is 44.6 Å². The summed E-state index contributed by atoms with van der Waals surface area (Å²) in [4.78, 5) is 9.59. The van der Waals surface area contributed by atoms with E-state index in [2.05, 4.69) is 269 Å². The van der Waals surface area contributed by atoms with Gasteiger partial charge in [0, 0.05) is 51.1 Å². The van der Waals surface area contributed by atoms with Gasteiger partial charge in [-0.2, -0.15) is 12.1 Å². The molecule has 0 spiro atoms. The summed E-state index contributed by atoms with van der Waals surface area (Å²) in [7, 11) is 0. The summed E-state index contributed by atoms with van der Waals surface area (Å²) in [5, 5.41) is 2.23. The summed E-state index contributed by atoms with van der Waals surface area (Å²) in [5.41, 5.74) is 14.2. The molecule has 10 rings (SSSR count). The molecule has 0 bridgehead atoms. The van der Waals surface area contributed by atoms with Crippen LogP contribution >= 0.6 is 0 Å². The molecular weight excluding hydrogens is 1070 g/mol. The zero-order valence-electron chi connectivity index (χ0n) is 45.2. The minimum atomic E-state index is -0.350. The first kappa shape index (κ1) is 52.9. The van der Waals surface area contributed by atoms with Crippen molar-refractivity contribution in [3.8, 4) is 17.3 Å². The number of rotatable bonds is 9. The summed E-state index contributed by atoms with van der Waals surface area (Å²) in [6.07, 6.45) is 1.91. The summed E-state index contributed by atoms with van der Waals surface area (Å²) in [6, 6.07) is 64.5. The zero-order chi connectivity index (χ0) is 50.3. The van der Waals surface area contributed by atoms with Gasteiger partial charge in [-0.15, -0.1) is 48.1 Å². The molecule has 0 atom stereocenters. The fraction of sp³-hybridized carbons (Fsp3) is 0.269. The van der Waals surface area contributed by atoms with E-state index < -0.39 is 0 Å². The van der Waals surface area contributed by atoms with E-state index in [0.29, 0.717) is 11.5 Å². The van der Waals surface area contributed by atoms with Gasteiger partial charge in [0.2, 0.25) is 0 Å². The Bertz CT molecular complexity index is 3410. The number of para-hydroxylation sites is 1. The first-order valence-electron chi connectivity index (χ1n) is 25.1. The molecule has 0 aliphatic carbocycles. The predicted molar refractivity (Wildman–Crippen MR) is 304 cm³/mol. The van der Waals surface area contributed by atoms with Crippen LogP contribution in [0.4, 0.5) is 22.7 Å². The van der Waals surface area contributed by atoms with Crippen LogP contribution in [-0.2, 0) is 48.1 Å². The Kier molecular flexibility index (Phi) is 14.1. The van der Waals surface area contributed by atoms with E-state index in [-0.39, 0.29) is 55.6 Å². The molecule has 0 fully saturated rings. The number of anilines is 4. The van der Waals surface area contributed by atoms with Crippen LogP contribution in [0, 0.1) is 26.2 Å². The van der Waals surface area contributed by atoms with E-state index in [1.165, 1.54) is 38.9 Å². The average molecular weight is 1140 g/mol. The summed E-state index contributed by atoms with van der Waals surface area (Å²) in [6.45, 7) is 32.3. The molecule has 6 heteroatoms. The topological polar surface area (TPSA) is 33.5 Å². The summed E-state index contributed by atoms with van der Waals surface area (Å²) in [5.74, 6) is 2.05. The molecular formula is C67H70N4OPt. The van der Waals surface area contributed by atoms with Crippen LogP contribution in [0.1, 0.15) is 129 Å². The van der Waals surface area contributed by atoms with Crippen LogP contribution in [0.15, 0.2) is 164 Å². The molecule has 5 nitrogen and oxygen atoms in total. The molecule has 9 aromatic rings. The maximum Gasteiger partial charge on any atom is 4.00 e. The minimum absolute atomic E-state index is 0. The van der Waals surface area contributed by atoms with E-state index >= 15 is 0 Å². The van der Waals surface area contributed by atoms with E-state index in [1.807, 2.05) is 18.3 Å². The third-order valence-corrected chi connectivity index (χ3v) is 14.8. The Labute approximate surface area is 450 Å². The quantitative estimate of drug-likeness (QED) is 0.135. The fourth-order valence-electron chi connectivity index (χ4n) is 10.2. The van der Waals surface area contributed by atoms with Crippen molar-refractivity contribution in [1.82, 2.24) is 9.55 Å². The van der Waals surface area contributed by atoms with Crippen molar-refractivity contribution in [2.75, 3.05) is 9.80 Å². The van der Waals surface area contributed by atoms with E-state index in [0.717, 1.165) is 50.4 Å². The first-order chi connectivity index (χ1) is 33.6. The summed E-state index contributed by atoms with van der Waals surface area (Å²) >= 11 is 0. The van der Waals surface area contributed by atoms with Gasteiger partial charge in [0.1, 0.15) is 5.82 Å². The number of fused-ring (bicyclic) bond motifs is 4. The van der Waals surface area contributed by atoms with E-state index in [9.17, 15) is 0 Å². The van der Waals surface area contributed by atoms with Gasteiger partial charge in [-0.05, 0) is 103 Å².